The highest BCUT2D eigenvalue weighted by molar-refractivity contribution is 6.02. The van der Waals surface area contributed by atoms with Crippen LogP contribution in [0.4, 0.5) is 0 Å². The van der Waals surface area contributed by atoms with Crippen molar-refractivity contribution in [3.8, 4) is 0 Å². The molecule has 9 heteroatoms. The average Bonchev–Trinajstić information content (AvgIpc) is 3.56. The molecule has 2 N–H and O–H groups in total. The normalized spacial score (nSPS) is 14.7. The third-order valence-electron chi connectivity index (χ3n) is 7.18. The average molecular weight is 517 g/mol. The van der Waals surface area contributed by atoms with E-state index in [9.17, 15) is 19.2 Å². The Kier molecular flexibility index (Phi) is 7.44. The van der Waals surface area contributed by atoms with Crippen LogP contribution >= 0.6 is 0 Å². The number of aromatic nitrogens is 2. The van der Waals surface area contributed by atoms with Gasteiger partial charge in [0.05, 0.1) is 0 Å². The third kappa shape index (κ3) is 5.41. The number of nitrogens with one attached hydrogen (secondary N) is 2. The summed E-state index contributed by atoms with van der Waals surface area (Å²) in [5.74, 6) is -0.767. The van der Waals surface area contributed by atoms with E-state index in [-0.39, 0.29) is 35.6 Å². The van der Waals surface area contributed by atoms with E-state index in [1.54, 1.807) is 24.3 Å². The van der Waals surface area contributed by atoms with E-state index in [4.69, 9.17) is 4.42 Å². The predicted molar refractivity (Wildman–Crippen MR) is 145 cm³/mol. The Balaban J connectivity index is 1.42. The second kappa shape index (κ2) is 11.1. The molecule has 1 fully saturated rings. The summed E-state index contributed by atoms with van der Waals surface area (Å²) in [6, 6.07) is 16.9. The molecule has 2 amide bonds. The highest BCUT2D eigenvalue weighted by atomic mass is 16.3. The van der Waals surface area contributed by atoms with Crippen molar-refractivity contribution in [2.45, 2.75) is 70.6 Å². The van der Waals surface area contributed by atoms with Crippen molar-refractivity contribution < 1.29 is 14.0 Å². The van der Waals surface area contributed by atoms with Crippen LogP contribution in [0.1, 0.15) is 44.6 Å². The summed E-state index contributed by atoms with van der Waals surface area (Å²) in [6.07, 6.45) is 5.39. The number of aryl methyl sites for hydroxylation is 1. The summed E-state index contributed by atoms with van der Waals surface area (Å²) in [4.78, 5) is 52.7. The monoisotopic (exact) mass is 516 g/mol. The Bertz CT molecular complexity index is 1580. The Morgan fingerprint density at radius 1 is 0.947 bits per heavy atom. The van der Waals surface area contributed by atoms with Crippen LogP contribution in [0.15, 0.2) is 68.6 Å². The van der Waals surface area contributed by atoms with Crippen molar-refractivity contribution in [1.82, 2.24) is 19.8 Å². The van der Waals surface area contributed by atoms with E-state index in [0.29, 0.717) is 11.0 Å². The number of rotatable bonds is 9. The van der Waals surface area contributed by atoms with Gasteiger partial charge in [0.2, 0.25) is 17.4 Å². The minimum atomic E-state index is -0.720. The Morgan fingerprint density at radius 2 is 1.63 bits per heavy atom. The molecule has 1 atom stereocenters. The second-order valence-corrected chi connectivity index (χ2v) is 10.1. The molecule has 0 radical (unpaired) electrons. The fourth-order valence-electron chi connectivity index (χ4n) is 5.23. The van der Waals surface area contributed by atoms with Gasteiger partial charge in [-0.3, -0.25) is 19.0 Å². The molecule has 2 heterocycles. The van der Waals surface area contributed by atoms with Crippen LogP contribution in [0.2, 0.25) is 0 Å². The van der Waals surface area contributed by atoms with Gasteiger partial charge in [-0.15, -0.1) is 0 Å². The minimum Gasteiger partial charge on any atom is -0.449 e. The molecule has 38 heavy (non-hydrogen) atoms. The highest BCUT2D eigenvalue weighted by Crippen LogP contribution is 2.25. The van der Waals surface area contributed by atoms with E-state index >= 15 is 0 Å². The second-order valence-electron chi connectivity index (χ2n) is 10.1. The van der Waals surface area contributed by atoms with Crippen LogP contribution in [0.25, 0.3) is 22.1 Å². The van der Waals surface area contributed by atoms with Crippen LogP contribution in [0, 0.1) is 0 Å². The van der Waals surface area contributed by atoms with E-state index in [2.05, 4.69) is 10.6 Å². The van der Waals surface area contributed by atoms with E-state index in [1.165, 1.54) is 10.1 Å². The molecule has 0 saturated heterocycles. The summed E-state index contributed by atoms with van der Waals surface area (Å²) in [6.45, 7) is 1.18. The minimum absolute atomic E-state index is 0.0515. The largest absolute Gasteiger partial charge is 0.449 e. The third-order valence-corrected chi connectivity index (χ3v) is 7.18. The van der Waals surface area contributed by atoms with Gasteiger partial charge < -0.3 is 15.1 Å². The molecular weight excluding hydrogens is 484 g/mol. The molecule has 1 aliphatic carbocycles. The summed E-state index contributed by atoms with van der Waals surface area (Å²) in [5, 5.41) is 6.43. The molecule has 2 aromatic carbocycles. The molecule has 5 rings (SSSR count). The molecule has 198 valence electrons. The lowest BCUT2D eigenvalue weighted by Crippen LogP contribution is -2.46. The van der Waals surface area contributed by atoms with Crippen molar-refractivity contribution in [2.24, 2.45) is 0 Å². The molecular formula is C29H32N4O5. The highest BCUT2D eigenvalue weighted by Gasteiger charge is 2.24. The maximum atomic E-state index is 13.6. The predicted octanol–water partition coefficient (Wildman–Crippen LogP) is 3.11. The quantitative estimate of drug-likeness (QED) is 0.355. The van der Waals surface area contributed by atoms with Crippen LogP contribution in [0.3, 0.4) is 0 Å². The summed E-state index contributed by atoms with van der Waals surface area (Å²) >= 11 is 0. The summed E-state index contributed by atoms with van der Waals surface area (Å²) in [7, 11) is 0. The number of carbonyl (C=O) groups is 2. The lowest BCUT2D eigenvalue weighted by atomic mass is 10.1. The molecule has 0 unspecified atom stereocenters. The molecule has 0 bridgehead atoms. The lowest BCUT2D eigenvalue weighted by Gasteiger charge is -2.16. The first-order valence-electron chi connectivity index (χ1n) is 13.2. The summed E-state index contributed by atoms with van der Waals surface area (Å²) in [5.41, 5.74) is 0.412. The molecule has 9 nitrogen and oxygen atoms in total. The summed E-state index contributed by atoms with van der Waals surface area (Å²) < 4.78 is 7.93. The first kappa shape index (κ1) is 25.5. The maximum absolute atomic E-state index is 13.6. The van der Waals surface area contributed by atoms with Gasteiger partial charge in [0.25, 0.3) is 5.56 Å². The topological polar surface area (TPSA) is 115 Å². The Morgan fingerprint density at radius 3 is 2.39 bits per heavy atom. The van der Waals surface area contributed by atoms with Crippen LogP contribution in [-0.2, 0) is 29.1 Å². The number of hydrogen-bond donors (Lipinski definition) is 2. The zero-order valence-corrected chi connectivity index (χ0v) is 21.4. The van der Waals surface area contributed by atoms with Crippen molar-refractivity contribution >= 4 is 33.9 Å². The first-order chi connectivity index (χ1) is 18.4. The lowest BCUT2D eigenvalue weighted by molar-refractivity contribution is -0.122. The SMILES string of the molecule is C[C@@H](CCc1ccccc1)NC(=O)Cn1c(=O)n(CC(=O)NC2CCCC2)c(=O)c2oc3ccccc3c21. The molecule has 0 spiro atoms. The van der Waals surface area contributed by atoms with Crippen LogP contribution < -0.4 is 21.9 Å². The standard InChI is InChI=1S/C29H32N4O5/c1-19(15-16-20-9-3-2-4-10-20)30-24(34)17-32-26-22-13-7-8-14-23(22)38-27(26)28(36)33(29(32)37)18-25(35)31-21-11-5-6-12-21/h2-4,7-10,13-14,19,21H,5-6,11-12,15-18H2,1H3,(H,30,34)(H,31,35)/t19-/m0/s1. The number of nitrogens with zero attached hydrogens (tertiary/aromatic N) is 2. The number of benzene rings is 2. The van der Waals surface area contributed by atoms with Crippen molar-refractivity contribution in [3.63, 3.8) is 0 Å². The van der Waals surface area contributed by atoms with Crippen LogP contribution in [0.5, 0.6) is 0 Å². The van der Waals surface area contributed by atoms with Gasteiger partial charge in [0.15, 0.2) is 0 Å². The van der Waals surface area contributed by atoms with E-state index in [0.717, 1.165) is 43.1 Å². The fraction of sp³-hybridized carbons (Fsp3) is 0.379. The molecule has 1 saturated carbocycles. The van der Waals surface area contributed by atoms with Gasteiger partial charge in [-0.1, -0.05) is 55.3 Å². The van der Waals surface area contributed by atoms with Crippen LogP contribution in [-0.4, -0.2) is 33.0 Å². The Labute approximate surface area is 219 Å². The van der Waals surface area contributed by atoms with Gasteiger partial charge in [0.1, 0.15) is 24.2 Å². The zero-order chi connectivity index (χ0) is 26.6. The molecule has 4 aromatic rings. The van der Waals surface area contributed by atoms with Gasteiger partial charge >= 0.3 is 5.69 Å². The van der Waals surface area contributed by atoms with Gasteiger partial charge in [0, 0.05) is 17.5 Å². The number of fused-ring (bicyclic) bond motifs is 3. The molecule has 2 aromatic heterocycles. The van der Waals surface area contributed by atoms with Gasteiger partial charge in [-0.05, 0) is 50.3 Å². The smallest absolute Gasteiger partial charge is 0.332 e. The van der Waals surface area contributed by atoms with Gasteiger partial charge in [-0.25, -0.2) is 9.36 Å². The van der Waals surface area contributed by atoms with Crippen molar-refractivity contribution in [2.75, 3.05) is 0 Å². The van der Waals surface area contributed by atoms with Gasteiger partial charge in [-0.2, -0.15) is 0 Å². The number of hydrogen-bond acceptors (Lipinski definition) is 5. The number of amides is 2. The molecule has 1 aliphatic rings. The van der Waals surface area contributed by atoms with E-state index in [1.807, 2.05) is 37.3 Å². The van der Waals surface area contributed by atoms with Crippen molar-refractivity contribution in [1.29, 1.82) is 0 Å². The number of furan rings is 1. The number of carbonyl (C=O) groups excluding carboxylic acids is 2. The first-order valence-corrected chi connectivity index (χ1v) is 13.2. The van der Waals surface area contributed by atoms with E-state index < -0.39 is 23.7 Å². The zero-order valence-electron chi connectivity index (χ0n) is 21.4. The van der Waals surface area contributed by atoms with Crippen molar-refractivity contribution in [3.05, 3.63) is 81.0 Å². The maximum Gasteiger partial charge on any atom is 0.332 e. The number of para-hydroxylation sites is 1. The Hall–Kier alpha value is -4.14. The molecule has 0 aliphatic heterocycles. The fourth-order valence-corrected chi connectivity index (χ4v) is 5.23.